The van der Waals surface area contributed by atoms with E-state index in [4.69, 9.17) is 0 Å². The van der Waals surface area contributed by atoms with Gasteiger partial charge in [0, 0.05) is 62.7 Å². The fourth-order valence-electron chi connectivity index (χ4n) is 10.4. The Morgan fingerprint density at radius 1 is 0.768 bits per heavy atom. The molecule has 3 atom stereocenters. The number of benzene rings is 4. The van der Waals surface area contributed by atoms with Crippen molar-refractivity contribution >= 4 is 35.2 Å². The number of phenolic OH excluding ortho intramolecular Hbond substituents is 1. The highest BCUT2D eigenvalue weighted by Crippen LogP contribution is 2.48. The second-order valence-corrected chi connectivity index (χ2v) is 16.7. The lowest BCUT2D eigenvalue weighted by molar-refractivity contribution is -0.143. The highest BCUT2D eigenvalue weighted by atomic mass is 16.3. The zero-order chi connectivity index (χ0) is 38.3. The summed E-state index contributed by atoms with van der Waals surface area (Å²) in [5.74, 6) is -1.09. The molecule has 1 aliphatic carbocycles. The number of phenols is 1. The van der Waals surface area contributed by atoms with E-state index in [1.807, 2.05) is 17.0 Å². The van der Waals surface area contributed by atoms with Crippen molar-refractivity contribution in [3.63, 3.8) is 0 Å². The van der Waals surface area contributed by atoms with Crippen molar-refractivity contribution in [3.8, 4) is 5.75 Å². The molecule has 0 aromatic heterocycles. The Morgan fingerprint density at radius 2 is 1.48 bits per heavy atom. The van der Waals surface area contributed by atoms with Crippen LogP contribution in [0.15, 0.2) is 84.9 Å². The number of imide groups is 2. The Morgan fingerprint density at radius 3 is 2.18 bits per heavy atom. The van der Waals surface area contributed by atoms with Crippen molar-refractivity contribution in [2.24, 2.45) is 5.41 Å². The maximum Gasteiger partial charge on any atom is 0.262 e. The summed E-state index contributed by atoms with van der Waals surface area (Å²) in [6.07, 6.45) is 3.20. The van der Waals surface area contributed by atoms with Gasteiger partial charge in [-0.25, -0.2) is 0 Å². The number of fused-ring (bicyclic) bond motifs is 3. The van der Waals surface area contributed by atoms with Crippen molar-refractivity contribution in [2.45, 2.75) is 63.1 Å². The van der Waals surface area contributed by atoms with Crippen LogP contribution in [0.1, 0.15) is 91.6 Å². The van der Waals surface area contributed by atoms with E-state index < -0.39 is 29.7 Å². The number of nitrogens with one attached hydrogen (secondary N) is 1. The van der Waals surface area contributed by atoms with Gasteiger partial charge in [0.15, 0.2) is 0 Å². The minimum absolute atomic E-state index is 0.0779. The van der Waals surface area contributed by atoms with E-state index in [1.54, 1.807) is 12.1 Å². The summed E-state index contributed by atoms with van der Waals surface area (Å²) in [6.45, 7) is 4.59. The molecule has 11 heteroatoms. The fraction of sp³-hybridized carbons (Fsp3) is 0.356. The molecule has 3 saturated heterocycles. The summed E-state index contributed by atoms with van der Waals surface area (Å²) in [4.78, 5) is 71.7. The first-order valence-electron chi connectivity index (χ1n) is 19.7. The number of rotatable bonds is 6. The summed E-state index contributed by atoms with van der Waals surface area (Å²) >= 11 is 0. The van der Waals surface area contributed by atoms with Gasteiger partial charge >= 0.3 is 0 Å². The molecule has 5 heterocycles. The zero-order valence-electron chi connectivity index (χ0n) is 31.1. The topological polar surface area (TPSA) is 131 Å². The Kier molecular flexibility index (Phi) is 8.14. The van der Waals surface area contributed by atoms with Crippen LogP contribution in [0.3, 0.4) is 0 Å². The van der Waals surface area contributed by atoms with E-state index in [2.05, 4.69) is 75.8 Å². The molecule has 0 radical (unpaired) electrons. The SMILES string of the molecule is O=C1CCC(N2C(=O)c3cc4c(cc3C2=O)CN(CC(=O)N2CC3(CCN(c5ccc([C@@H]6c7ccc(O)cc7CC[C@@H]6c6ccccc6)cc5)C3)C2)C4)C(=O)N1. The molecule has 1 spiro atoms. The van der Waals surface area contributed by atoms with E-state index in [-0.39, 0.29) is 47.8 Å². The van der Waals surface area contributed by atoms with Gasteiger partial charge in [-0.1, -0.05) is 48.5 Å². The third-order valence-electron chi connectivity index (χ3n) is 13.2. The first kappa shape index (κ1) is 34.7. The third kappa shape index (κ3) is 5.79. The number of aryl methyl sites for hydroxylation is 1. The molecule has 5 amide bonds. The number of hydrogen-bond donors (Lipinski definition) is 2. The van der Waals surface area contributed by atoms with E-state index in [0.717, 1.165) is 61.5 Å². The third-order valence-corrected chi connectivity index (χ3v) is 13.2. The summed E-state index contributed by atoms with van der Waals surface area (Å²) in [5, 5.41) is 12.5. The van der Waals surface area contributed by atoms with Crippen LogP contribution >= 0.6 is 0 Å². The summed E-state index contributed by atoms with van der Waals surface area (Å²) in [7, 11) is 0. The van der Waals surface area contributed by atoms with Gasteiger partial charge in [0.2, 0.25) is 17.7 Å². The fourth-order valence-corrected chi connectivity index (χ4v) is 10.4. The van der Waals surface area contributed by atoms with Crippen LogP contribution in [0.5, 0.6) is 5.75 Å². The van der Waals surface area contributed by atoms with Gasteiger partial charge in [-0.3, -0.25) is 39.1 Å². The predicted octanol–water partition coefficient (Wildman–Crippen LogP) is 4.71. The Balaban J connectivity index is 0.761. The molecule has 4 aromatic carbocycles. The molecular weight excluding hydrogens is 707 g/mol. The summed E-state index contributed by atoms with van der Waals surface area (Å²) in [5.41, 5.74) is 8.78. The molecule has 284 valence electrons. The average Bonchev–Trinajstić information content (AvgIpc) is 3.87. The molecule has 3 fully saturated rings. The number of carbonyl (C=O) groups is 5. The van der Waals surface area contributed by atoms with Gasteiger partial charge < -0.3 is 14.9 Å². The van der Waals surface area contributed by atoms with Gasteiger partial charge in [-0.05, 0) is 101 Å². The van der Waals surface area contributed by atoms with Crippen LogP contribution in [0.25, 0.3) is 0 Å². The summed E-state index contributed by atoms with van der Waals surface area (Å²) in [6, 6.07) is 28.2. The first-order chi connectivity index (χ1) is 27.1. The van der Waals surface area contributed by atoms with Crippen LogP contribution in [-0.2, 0) is 33.9 Å². The van der Waals surface area contributed by atoms with Gasteiger partial charge in [0.25, 0.3) is 11.8 Å². The molecule has 2 N–H and O–H groups in total. The number of amides is 5. The van der Waals surface area contributed by atoms with Crippen molar-refractivity contribution in [2.75, 3.05) is 37.6 Å². The van der Waals surface area contributed by atoms with Crippen LogP contribution in [0, 0.1) is 5.41 Å². The number of nitrogens with zero attached hydrogens (tertiary/aromatic N) is 4. The monoisotopic (exact) mass is 749 g/mol. The van der Waals surface area contributed by atoms with Crippen molar-refractivity contribution < 1.29 is 29.1 Å². The van der Waals surface area contributed by atoms with Gasteiger partial charge in [-0.2, -0.15) is 0 Å². The van der Waals surface area contributed by atoms with Crippen molar-refractivity contribution in [3.05, 3.63) is 129 Å². The van der Waals surface area contributed by atoms with E-state index in [9.17, 15) is 29.1 Å². The van der Waals surface area contributed by atoms with E-state index in [0.29, 0.717) is 24.8 Å². The lowest BCUT2D eigenvalue weighted by Gasteiger charge is -2.48. The van der Waals surface area contributed by atoms with Crippen LogP contribution in [0.2, 0.25) is 0 Å². The average molecular weight is 750 g/mol. The standard InChI is InChI=1S/C45H43N5O6/c51-33-11-13-35-29(18-33)8-12-34(27-4-2-1-3-5-27)41(35)28-6-9-32(10-7-28)48-17-16-45(24-48)25-49(26-45)40(53)23-47-21-30-19-36-37(20-31(30)22-47)44(56)50(43(36)55)38-14-15-39(52)46-42(38)54/h1-7,9-11,13,18-20,34,38,41,51H,8,12,14-17,21-26H2,(H,46,52,54)/t34-,38?,41+/m1/s1. The molecule has 6 aliphatic rings. The molecule has 10 rings (SSSR count). The van der Waals surface area contributed by atoms with Crippen molar-refractivity contribution in [1.29, 1.82) is 0 Å². The number of aromatic hydroxyl groups is 1. The number of piperidine rings is 1. The molecular formula is C45H43N5O6. The van der Waals surface area contributed by atoms with Gasteiger partial charge in [-0.15, -0.1) is 0 Å². The predicted molar refractivity (Wildman–Crippen MR) is 207 cm³/mol. The van der Waals surface area contributed by atoms with Crippen molar-refractivity contribution in [1.82, 2.24) is 20.0 Å². The zero-order valence-corrected chi connectivity index (χ0v) is 31.1. The number of hydrogen-bond acceptors (Lipinski definition) is 8. The maximum atomic E-state index is 13.5. The Labute approximate surface area is 324 Å². The quantitative estimate of drug-likeness (QED) is 0.272. The van der Waals surface area contributed by atoms with Gasteiger partial charge in [0.1, 0.15) is 11.8 Å². The molecule has 1 unspecified atom stereocenters. The highest BCUT2D eigenvalue weighted by molar-refractivity contribution is 6.23. The minimum atomic E-state index is -0.993. The second kappa shape index (κ2) is 13.2. The number of likely N-dealkylation sites (tertiary alicyclic amines) is 1. The Bertz CT molecular complexity index is 2270. The van der Waals surface area contributed by atoms with E-state index >= 15 is 0 Å². The largest absolute Gasteiger partial charge is 0.508 e. The second-order valence-electron chi connectivity index (χ2n) is 16.7. The maximum absolute atomic E-state index is 13.5. The minimum Gasteiger partial charge on any atom is -0.508 e. The number of anilines is 1. The molecule has 0 bridgehead atoms. The lowest BCUT2D eigenvalue weighted by Crippen LogP contribution is -2.60. The molecule has 56 heavy (non-hydrogen) atoms. The summed E-state index contributed by atoms with van der Waals surface area (Å²) < 4.78 is 0. The van der Waals surface area contributed by atoms with Crippen LogP contribution < -0.4 is 10.2 Å². The molecule has 0 saturated carbocycles. The lowest BCUT2D eigenvalue weighted by atomic mass is 9.69. The molecule has 5 aliphatic heterocycles. The van der Waals surface area contributed by atoms with Crippen LogP contribution in [0.4, 0.5) is 5.69 Å². The van der Waals surface area contributed by atoms with E-state index in [1.165, 1.54) is 27.9 Å². The smallest absolute Gasteiger partial charge is 0.262 e. The first-order valence-corrected chi connectivity index (χ1v) is 19.7. The van der Waals surface area contributed by atoms with Gasteiger partial charge in [0.05, 0.1) is 17.7 Å². The molecule has 4 aromatic rings. The normalized spacial score (nSPS) is 23.9. The number of carbonyl (C=O) groups excluding carboxylic acids is 5. The van der Waals surface area contributed by atoms with Crippen LogP contribution in [-0.4, -0.2) is 88.1 Å². The Hall–Kier alpha value is -5.81. The molecule has 11 nitrogen and oxygen atoms in total. The highest BCUT2D eigenvalue weighted by Gasteiger charge is 2.50.